The molecule has 0 atom stereocenters. The fourth-order valence-corrected chi connectivity index (χ4v) is 3.35. The SMILES string of the molecule is CCOC(=O)c1sc2nc3ccc(Cl)cc3c(=O)n2c1C. The number of carbonyl (C=O) groups is 1. The van der Waals surface area contributed by atoms with Crippen LogP contribution in [0, 0.1) is 6.92 Å². The highest BCUT2D eigenvalue weighted by Crippen LogP contribution is 2.23. The van der Waals surface area contributed by atoms with Gasteiger partial charge in [-0.1, -0.05) is 22.9 Å². The second kappa shape index (κ2) is 5.13. The largest absolute Gasteiger partial charge is 0.462 e. The highest BCUT2D eigenvalue weighted by Gasteiger charge is 2.19. The minimum Gasteiger partial charge on any atom is -0.462 e. The van der Waals surface area contributed by atoms with Gasteiger partial charge in [-0.05, 0) is 32.0 Å². The van der Waals surface area contributed by atoms with E-state index in [2.05, 4.69) is 4.98 Å². The topological polar surface area (TPSA) is 60.7 Å². The molecule has 0 saturated heterocycles. The second-order valence-corrected chi connectivity index (χ2v) is 5.85. The first-order valence-electron chi connectivity index (χ1n) is 6.31. The molecule has 0 aliphatic carbocycles. The summed E-state index contributed by atoms with van der Waals surface area (Å²) in [6, 6.07) is 4.96. The lowest BCUT2D eigenvalue weighted by Gasteiger charge is -2.01. The van der Waals surface area contributed by atoms with Gasteiger partial charge in [0.2, 0.25) is 0 Å². The molecule has 0 aliphatic rings. The molecule has 0 saturated carbocycles. The van der Waals surface area contributed by atoms with Gasteiger partial charge in [0.05, 0.1) is 23.2 Å². The first-order valence-corrected chi connectivity index (χ1v) is 7.51. The number of hydrogen-bond donors (Lipinski definition) is 0. The Kier molecular flexibility index (Phi) is 3.43. The number of halogens is 1. The number of aromatic nitrogens is 2. The first kappa shape index (κ1) is 14.0. The van der Waals surface area contributed by atoms with Crippen molar-refractivity contribution in [3.63, 3.8) is 0 Å². The molecule has 3 rings (SSSR count). The van der Waals surface area contributed by atoms with E-state index < -0.39 is 5.97 Å². The summed E-state index contributed by atoms with van der Waals surface area (Å²) in [6.45, 7) is 3.73. The van der Waals surface area contributed by atoms with Gasteiger partial charge < -0.3 is 4.74 Å². The molecular weight excluding hydrogens is 312 g/mol. The van der Waals surface area contributed by atoms with E-state index in [9.17, 15) is 9.59 Å². The number of carbonyl (C=O) groups excluding carboxylic acids is 1. The Morgan fingerprint density at radius 2 is 2.24 bits per heavy atom. The Bertz CT molecular complexity index is 929. The van der Waals surface area contributed by atoms with Gasteiger partial charge in [-0.3, -0.25) is 9.20 Å². The number of ether oxygens (including phenoxy) is 1. The molecule has 21 heavy (non-hydrogen) atoms. The summed E-state index contributed by atoms with van der Waals surface area (Å²) in [4.78, 5) is 29.8. The van der Waals surface area contributed by atoms with Crippen molar-refractivity contribution in [3.8, 4) is 0 Å². The normalized spacial score (nSPS) is 11.2. The number of nitrogens with zero attached hydrogens (tertiary/aromatic N) is 2. The van der Waals surface area contributed by atoms with Crippen molar-refractivity contribution in [2.45, 2.75) is 13.8 Å². The zero-order chi connectivity index (χ0) is 15.1. The van der Waals surface area contributed by atoms with E-state index in [0.717, 1.165) is 11.3 Å². The van der Waals surface area contributed by atoms with E-state index in [4.69, 9.17) is 16.3 Å². The minimum atomic E-state index is -0.438. The summed E-state index contributed by atoms with van der Waals surface area (Å²) >= 11 is 7.08. The molecule has 0 unspecified atom stereocenters. The molecule has 108 valence electrons. The smallest absolute Gasteiger partial charge is 0.350 e. The van der Waals surface area contributed by atoms with Crippen LogP contribution >= 0.6 is 22.9 Å². The van der Waals surface area contributed by atoms with Crippen LogP contribution in [0.15, 0.2) is 23.0 Å². The maximum Gasteiger partial charge on any atom is 0.350 e. The minimum absolute atomic E-state index is 0.234. The molecule has 0 fully saturated rings. The van der Waals surface area contributed by atoms with Gasteiger partial charge >= 0.3 is 5.97 Å². The molecule has 3 aromatic rings. The van der Waals surface area contributed by atoms with Crippen molar-refractivity contribution in [1.29, 1.82) is 0 Å². The van der Waals surface area contributed by atoms with Crippen LogP contribution < -0.4 is 5.56 Å². The third-order valence-electron chi connectivity index (χ3n) is 3.12. The van der Waals surface area contributed by atoms with Gasteiger partial charge in [-0.25, -0.2) is 9.78 Å². The highest BCUT2D eigenvalue weighted by molar-refractivity contribution is 7.19. The van der Waals surface area contributed by atoms with E-state index in [1.165, 1.54) is 4.40 Å². The maximum atomic E-state index is 12.6. The lowest BCUT2D eigenvalue weighted by molar-refractivity contribution is 0.0531. The quantitative estimate of drug-likeness (QED) is 0.680. The van der Waals surface area contributed by atoms with E-state index in [-0.39, 0.29) is 12.2 Å². The van der Waals surface area contributed by atoms with Crippen LogP contribution in [-0.2, 0) is 4.74 Å². The van der Waals surface area contributed by atoms with Crippen LogP contribution in [0.25, 0.3) is 15.9 Å². The fourth-order valence-electron chi connectivity index (χ4n) is 2.15. The van der Waals surface area contributed by atoms with Gasteiger partial charge in [0, 0.05) is 5.02 Å². The van der Waals surface area contributed by atoms with Crippen molar-refractivity contribution in [2.24, 2.45) is 0 Å². The third kappa shape index (κ3) is 2.20. The Morgan fingerprint density at radius 1 is 1.48 bits per heavy atom. The highest BCUT2D eigenvalue weighted by atomic mass is 35.5. The van der Waals surface area contributed by atoms with Crippen LogP contribution in [0.4, 0.5) is 0 Å². The Balaban J connectivity index is 2.37. The lowest BCUT2D eigenvalue weighted by atomic mass is 10.2. The number of esters is 1. The Hall–Kier alpha value is -1.92. The van der Waals surface area contributed by atoms with Crippen molar-refractivity contribution >= 4 is 44.8 Å². The maximum absolute atomic E-state index is 12.6. The predicted molar refractivity (Wildman–Crippen MR) is 82.5 cm³/mol. The number of fused-ring (bicyclic) bond motifs is 2. The van der Waals surface area contributed by atoms with E-state index in [1.807, 2.05) is 0 Å². The number of aryl methyl sites for hydroxylation is 1. The van der Waals surface area contributed by atoms with Crippen LogP contribution in [0.2, 0.25) is 5.02 Å². The summed E-state index contributed by atoms with van der Waals surface area (Å²) in [5.74, 6) is -0.438. The van der Waals surface area contributed by atoms with Crippen LogP contribution in [-0.4, -0.2) is 22.0 Å². The summed E-state index contributed by atoms with van der Waals surface area (Å²) in [6.07, 6.45) is 0. The predicted octanol–water partition coefficient (Wildman–Crippen LogP) is 3.05. The van der Waals surface area contributed by atoms with Gasteiger partial charge in [0.25, 0.3) is 5.56 Å². The van der Waals surface area contributed by atoms with Crippen molar-refractivity contribution in [3.05, 3.63) is 44.1 Å². The Morgan fingerprint density at radius 3 is 2.95 bits per heavy atom. The summed E-state index contributed by atoms with van der Waals surface area (Å²) in [7, 11) is 0. The van der Waals surface area contributed by atoms with Crippen LogP contribution in [0.5, 0.6) is 0 Å². The van der Waals surface area contributed by atoms with E-state index in [0.29, 0.717) is 31.5 Å². The molecular formula is C14H11ClN2O3S. The molecule has 2 aromatic heterocycles. The summed E-state index contributed by atoms with van der Waals surface area (Å²) in [5, 5.41) is 0.899. The third-order valence-corrected chi connectivity index (χ3v) is 4.48. The molecule has 0 N–H and O–H groups in total. The van der Waals surface area contributed by atoms with E-state index >= 15 is 0 Å². The Labute approximate surface area is 128 Å². The average molecular weight is 323 g/mol. The van der Waals surface area contributed by atoms with E-state index in [1.54, 1.807) is 32.0 Å². The molecule has 1 aromatic carbocycles. The molecule has 0 radical (unpaired) electrons. The standard InChI is InChI=1S/C14H11ClN2O3S/c1-3-20-13(19)11-7(2)17-12(18)9-6-8(15)4-5-10(9)16-14(17)21-11/h4-6H,3H2,1-2H3. The van der Waals surface area contributed by atoms with Gasteiger partial charge in [-0.2, -0.15) is 0 Å². The van der Waals surface area contributed by atoms with Crippen molar-refractivity contribution < 1.29 is 9.53 Å². The number of thiazole rings is 1. The van der Waals surface area contributed by atoms with Gasteiger partial charge in [-0.15, -0.1) is 0 Å². The molecule has 7 heteroatoms. The van der Waals surface area contributed by atoms with Crippen molar-refractivity contribution in [2.75, 3.05) is 6.61 Å². The molecule has 2 heterocycles. The number of benzene rings is 1. The van der Waals surface area contributed by atoms with Gasteiger partial charge in [0.1, 0.15) is 4.88 Å². The molecule has 5 nitrogen and oxygen atoms in total. The van der Waals surface area contributed by atoms with Crippen LogP contribution in [0.3, 0.4) is 0 Å². The molecule has 0 bridgehead atoms. The van der Waals surface area contributed by atoms with Crippen LogP contribution in [0.1, 0.15) is 22.3 Å². The zero-order valence-corrected chi connectivity index (χ0v) is 12.9. The molecule has 0 spiro atoms. The summed E-state index contributed by atoms with van der Waals surface area (Å²) < 4.78 is 6.43. The van der Waals surface area contributed by atoms with Crippen molar-refractivity contribution in [1.82, 2.24) is 9.38 Å². The average Bonchev–Trinajstić information content (AvgIpc) is 2.78. The zero-order valence-electron chi connectivity index (χ0n) is 11.3. The van der Waals surface area contributed by atoms with Gasteiger partial charge in [0.15, 0.2) is 4.96 Å². The fraction of sp³-hybridized carbons (Fsp3) is 0.214. The molecule has 0 amide bonds. The monoisotopic (exact) mass is 322 g/mol. The summed E-state index contributed by atoms with van der Waals surface area (Å²) in [5.41, 5.74) is 0.857. The second-order valence-electron chi connectivity index (χ2n) is 4.43. The first-order chi connectivity index (χ1) is 10.0. The number of hydrogen-bond acceptors (Lipinski definition) is 5. The number of rotatable bonds is 2. The lowest BCUT2D eigenvalue weighted by Crippen LogP contribution is -2.16. The molecule has 0 aliphatic heterocycles.